The molecule has 1 aliphatic carbocycles. The number of hydrogen-bond acceptors (Lipinski definition) is 3. The number of aliphatic hydroxyl groups excluding tert-OH is 1. The molecule has 3 aliphatic rings. The molecule has 5 nitrogen and oxygen atoms in total. The molecule has 2 aliphatic heterocycles. The molecule has 32 heavy (non-hydrogen) atoms. The summed E-state index contributed by atoms with van der Waals surface area (Å²) in [6, 6.07) is 13.5. The highest BCUT2D eigenvalue weighted by Gasteiger charge is 2.54. The third-order valence-electron chi connectivity index (χ3n) is 6.99. The Kier molecular flexibility index (Phi) is 5.44. The number of piperazine rings is 1. The summed E-state index contributed by atoms with van der Waals surface area (Å²) in [5, 5.41) is 9.94. The van der Waals surface area contributed by atoms with Crippen LogP contribution in [0.2, 0.25) is 0 Å². The molecule has 2 amide bonds. The highest BCUT2D eigenvalue weighted by molar-refractivity contribution is 5.89. The van der Waals surface area contributed by atoms with Gasteiger partial charge < -0.3 is 14.9 Å². The van der Waals surface area contributed by atoms with Crippen LogP contribution >= 0.6 is 0 Å². The molecule has 0 spiro atoms. The number of carbonyl (C=O) groups is 2. The smallest absolute Gasteiger partial charge is 0.242 e. The fourth-order valence-corrected chi connectivity index (χ4v) is 5.08. The van der Waals surface area contributed by atoms with Crippen molar-refractivity contribution in [2.24, 2.45) is 5.92 Å². The number of amides is 2. The number of halogens is 1. The van der Waals surface area contributed by atoms with Crippen molar-refractivity contribution < 1.29 is 19.1 Å². The topological polar surface area (TPSA) is 60.9 Å². The van der Waals surface area contributed by atoms with Crippen molar-refractivity contribution in [1.82, 2.24) is 9.80 Å². The van der Waals surface area contributed by atoms with Gasteiger partial charge in [-0.15, -0.1) is 0 Å². The first-order valence-corrected chi connectivity index (χ1v) is 11.1. The van der Waals surface area contributed by atoms with E-state index in [1.54, 1.807) is 21.9 Å². The number of fused-ring (bicyclic) bond motifs is 1. The summed E-state index contributed by atoms with van der Waals surface area (Å²) in [4.78, 5) is 28.9. The van der Waals surface area contributed by atoms with Crippen LogP contribution in [0.15, 0.2) is 48.5 Å². The maximum absolute atomic E-state index is 13.3. The third-order valence-corrected chi connectivity index (χ3v) is 6.99. The predicted molar refractivity (Wildman–Crippen MR) is 117 cm³/mol. The van der Waals surface area contributed by atoms with E-state index in [-0.39, 0.29) is 54.7 Å². The van der Waals surface area contributed by atoms with Crippen LogP contribution in [0, 0.1) is 23.6 Å². The van der Waals surface area contributed by atoms with E-state index in [0.29, 0.717) is 12.1 Å². The quantitative estimate of drug-likeness (QED) is 0.759. The van der Waals surface area contributed by atoms with Crippen molar-refractivity contribution in [3.05, 3.63) is 71.0 Å². The summed E-state index contributed by atoms with van der Waals surface area (Å²) in [6.45, 7) is 0.525. The number of benzene rings is 2. The maximum Gasteiger partial charge on any atom is 0.242 e. The Morgan fingerprint density at radius 1 is 1.09 bits per heavy atom. The molecule has 6 heteroatoms. The van der Waals surface area contributed by atoms with Gasteiger partial charge in [0.05, 0.1) is 25.2 Å². The Bertz CT molecular complexity index is 1100. The minimum Gasteiger partial charge on any atom is -0.394 e. The highest BCUT2D eigenvalue weighted by atomic mass is 19.1. The molecule has 5 rings (SSSR count). The SMILES string of the molecule is O=C(C1CCC1)N1CC(=O)N2[C@@H](CO)[C@H](c3ccc(C#Cc4cccc(F)c4)cc3)[C@@H]2C1. The standard InChI is InChI=1S/C26H25FN2O3/c27-21-6-1-3-18(13-21)8-7-17-9-11-19(12-10-17)25-22-14-28(26(32)20-4-2-5-20)15-24(31)29(22)23(25)16-30/h1,3,6,9-13,20,22-23,25,30H,2,4-5,14-16H2/t22-,23-,25+/m0/s1. The Labute approximate surface area is 186 Å². The minimum atomic E-state index is -0.316. The van der Waals surface area contributed by atoms with Crippen LogP contribution in [0.3, 0.4) is 0 Å². The van der Waals surface area contributed by atoms with Crippen LogP contribution < -0.4 is 0 Å². The second-order valence-electron chi connectivity index (χ2n) is 8.87. The van der Waals surface area contributed by atoms with Crippen LogP contribution in [-0.4, -0.2) is 58.5 Å². The van der Waals surface area contributed by atoms with Crippen LogP contribution in [0.4, 0.5) is 4.39 Å². The number of nitrogens with zero attached hydrogens (tertiary/aromatic N) is 2. The van der Waals surface area contributed by atoms with E-state index in [2.05, 4.69) is 11.8 Å². The van der Waals surface area contributed by atoms with Gasteiger partial charge in [-0.1, -0.05) is 36.5 Å². The molecule has 0 bridgehead atoms. The van der Waals surface area contributed by atoms with Gasteiger partial charge in [-0.05, 0) is 48.7 Å². The van der Waals surface area contributed by atoms with E-state index < -0.39 is 0 Å². The van der Waals surface area contributed by atoms with Crippen LogP contribution in [0.25, 0.3) is 0 Å². The molecule has 0 aromatic heterocycles. The Balaban J connectivity index is 1.33. The lowest BCUT2D eigenvalue weighted by atomic mass is 9.73. The summed E-state index contributed by atoms with van der Waals surface area (Å²) < 4.78 is 13.3. The Hall–Kier alpha value is -3.17. The lowest BCUT2D eigenvalue weighted by Crippen LogP contribution is -2.73. The summed E-state index contributed by atoms with van der Waals surface area (Å²) in [5.74, 6) is 5.75. The molecule has 0 radical (unpaired) electrons. The zero-order valence-corrected chi connectivity index (χ0v) is 17.7. The van der Waals surface area contributed by atoms with E-state index in [4.69, 9.17) is 0 Å². The summed E-state index contributed by atoms with van der Waals surface area (Å²) in [6.07, 6.45) is 2.91. The number of rotatable bonds is 3. The first-order chi connectivity index (χ1) is 15.5. The van der Waals surface area contributed by atoms with E-state index >= 15 is 0 Å². The fourth-order valence-electron chi connectivity index (χ4n) is 5.08. The van der Waals surface area contributed by atoms with E-state index in [0.717, 1.165) is 30.4 Å². The molecule has 0 unspecified atom stereocenters. The van der Waals surface area contributed by atoms with E-state index in [9.17, 15) is 19.1 Å². The number of hydrogen-bond donors (Lipinski definition) is 1. The van der Waals surface area contributed by atoms with Gasteiger partial charge in [0.1, 0.15) is 5.82 Å². The molecule has 2 heterocycles. The van der Waals surface area contributed by atoms with Crippen LogP contribution in [-0.2, 0) is 9.59 Å². The second-order valence-corrected chi connectivity index (χ2v) is 8.87. The van der Waals surface area contributed by atoms with Crippen molar-refractivity contribution in [2.45, 2.75) is 37.3 Å². The minimum absolute atomic E-state index is 0.0221. The number of aliphatic hydroxyl groups is 1. The first-order valence-electron chi connectivity index (χ1n) is 11.1. The summed E-state index contributed by atoms with van der Waals surface area (Å²) in [7, 11) is 0. The molecule has 3 fully saturated rings. The fraction of sp³-hybridized carbons (Fsp3) is 0.385. The maximum atomic E-state index is 13.3. The predicted octanol–water partition coefficient (Wildman–Crippen LogP) is 2.52. The van der Waals surface area contributed by atoms with Crippen molar-refractivity contribution in [1.29, 1.82) is 0 Å². The first kappa shape index (κ1) is 20.7. The largest absolute Gasteiger partial charge is 0.394 e. The molecule has 2 saturated heterocycles. The average molecular weight is 432 g/mol. The van der Waals surface area contributed by atoms with Gasteiger partial charge in [0.25, 0.3) is 0 Å². The molecule has 1 N–H and O–H groups in total. The van der Waals surface area contributed by atoms with Gasteiger partial charge in [0.2, 0.25) is 11.8 Å². The van der Waals surface area contributed by atoms with E-state index in [1.165, 1.54) is 12.1 Å². The van der Waals surface area contributed by atoms with Crippen molar-refractivity contribution in [3.8, 4) is 11.8 Å². The number of carbonyl (C=O) groups excluding carboxylic acids is 2. The van der Waals surface area contributed by atoms with Crippen LogP contribution in [0.5, 0.6) is 0 Å². The molecule has 2 aromatic carbocycles. The monoisotopic (exact) mass is 432 g/mol. The molecule has 164 valence electrons. The van der Waals surface area contributed by atoms with Crippen molar-refractivity contribution in [2.75, 3.05) is 19.7 Å². The van der Waals surface area contributed by atoms with Crippen molar-refractivity contribution >= 4 is 11.8 Å². The molecular formula is C26H25FN2O3. The second kappa shape index (κ2) is 8.40. The lowest BCUT2D eigenvalue weighted by Gasteiger charge is -2.59. The average Bonchev–Trinajstić information content (AvgIpc) is 2.73. The van der Waals surface area contributed by atoms with E-state index in [1.807, 2.05) is 24.3 Å². The van der Waals surface area contributed by atoms with Gasteiger partial charge >= 0.3 is 0 Å². The summed E-state index contributed by atoms with van der Waals surface area (Å²) >= 11 is 0. The van der Waals surface area contributed by atoms with Gasteiger partial charge in [-0.25, -0.2) is 4.39 Å². The Morgan fingerprint density at radius 3 is 2.50 bits per heavy atom. The van der Waals surface area contributed by atoms with Crippen LogP contribution in [0.1, 0.15) is 41.9 Å². The summed E-state index contributed by atoms with van der Waals surface area (Å²) in [5.41, 5.74) is 2.43. The zero-order valence-electron chi connectivity index (χ0n) is 17.7. The van der Waals surface area contributed by atoms with Gasteiger partial charge in [0.15, 0.2) is 0 Å². The van der Waals surface area contributed by atoms with Gasteiger partial charge in [0, 0.05) is 29.5 Å². The molecule has 2 aromatic rings. The van der Waals surface area contributed by atoms with Gasteiger partial charge in [-0.2, -0.15) is 0 Å². The normalized spacial score (nSPS) is 24.7. The van der Waals surface area contributed by atoms with Gasteiger partial charge in [-0.3, -0.25) is 9.59 Å². The Morgan fingerprint density at radius 2 is 1.84 bits per heavy atom. The van der Waals surface area contributed by atoms with Crippen molar-refractivity contribution in [3.63, 3.8) is 0 Å². The highest BCUT2D eigenvalue weighted by Crippen LogP contribution is 2.43. The lowest BCUT2D eigenvalue weighted by molar-refractivity contribution is -0.169. The third kappa shape index (κ3) is 3.67. The molecule has 1 saturated carbocycles. The molecule has 3 atom stereocenters. The molecular weight excluding hydrogens is 407 g/mol. The zero-order chi connectivity index (χ0) is 22.2.